The second-order valence-electron chi connectivity index (χ2n) is 11.3. The molecule has 0 spiro atoms. The van der Waals surface area contributed by atoms with Crippen molar-refractivity contribution in [3.63, 3.8) is 0 Å². The molecule has 0 aromatic heterocycles. The maximum atomic E-state index is 12.1. The lowest BCUT2D eigenvalue weighted by Crippen LogP contribution is -2.53. The van der Waals surface area contributed by atoms with Gasteiger partial charge in [0.2, 0.25) is 0 Å². The number of hydrogen-bond acceptors (Lipinski definition) is 9. The Morgan fingerprint density at radius 1 is 0.694 bits per heavy atom. The van der Waals surface area contributed by atoms with E-state index in [2.05, 4.69) is 11.7 Å². The zero-order chi connectivity index (χ0) is 27.8. The van der Waals surface area contributed by atoms with E-state index in [-0.39, 0.29) is 12.5 Å². The molecule has 2 aliphatic heterocycles. The zero-order valence-corrected chi connectivity index (χ0v) is 23.2. The first kappa shape index (κ1) is 31.5. The summed E-state index contributed by atoms with van der Waals surface area (Å²) >= 11 is 0. The molecule has 11 nitrogen and oxygen atoms in total. The summed E-state index contributed by atoms with van der Waals surface area (Å²) in [6.45, 7) is 13.4. The summed E-state index contributed by atoms with van der Waals surface area (Å²) in [7, 11) is 2.62. The van der Waals surface area contributed by atoms with Crippen LogP contribution in [0.15, 0.2) is 0 Å². The third-order valence-corrected chi connectivity index (χ3v) is 5.58. The van der Waals surface area contributed by atoms with Gasteiger partial charge in [-0.25, -0.2) is 19.2 Å². The lowest BCUT2D eigenvalue weighted by molar-refractivity contribution is -0.149. The lowest BCUT2D eigenvalue weighted by atomic mass is 9.94. The van der Waals surface area contributed by atoms with Crippen molar-refractivity contribution in [2.24, 2.45) is 5.92 Å². The normalized spacial score (nSPS) is 24.6. The van der Waals surface area contributed by atoms with Crippen molar-refractivity contribution in [2.75, 3.05) is 27.3 Å². The highest BCUT2D eigenvalue weighted by molar-refractivity contribution is 5.82. The maximum Gasteiger partial charge on any atom is 0.411 e. The van der Waals surface area contributed by atoms with E-state index in [4.69, 9.17) is 14.2 Å². The van der Waals surface area contributed by atoms with Crippen LogP contribution in [0.5, 0.6) is 0 Å². The van der Waals surface area contributed by atoms with Gasteiger partial charge in [0.25, 0.3) is 0 Å². The van der Waals surface area contributed by atoms with E-state index in [1.807, 2.05) is 20.8 Å². The molecule has 2 rings (SSSR count). The van der Waals surface area contributed by atoms with Crippen molar-refractivity contribution >= 4 is 24.1 Å². The fourth-order valence-electron chi connectivity index (χ4n) is 3.91. The Balaban J connectivity index is 0.000000360. The Kier molecular flexibility index (Phi) is 11.5. The van der Waals surface area contributed by atoms with E-state index in [1.165, 1.54) is 24.0 Å². The molecule has 0 bridgehead atoms. The highest BCUT2D eigenvalue weighted by Crippen LogP contribution is 2.25. The van der Waals surface area contributed by atoms with Crippen LogP contribution >= 0.6 is 0 Å². The minimum atomic E-state index is -0.673. The fraction of sp³-hybridized carbons (Fsp3) is 0.840. The number of likely N-dealkylation sites (tertiary alicyclic amines) is 2. The molecule has 36 heavy (non-hydrogen) atoms. The molecule has 2 saturated heterocycles. The Hall–Kier alpha value is -2.56. The first-order valence-corrected chi connectivity index (χ1v) is 12.3. The van der Waals surface area contributed by atoms with E-state index < -0.39 is 47.5 Å². The van der Waals surface area contributed by atoms with Gasteiger partial charge in [0, 0.05) is 6.54 Å². The Morgan fingerprint density at radius 3 is 1.47 bits per heavy atom. The van der Waals surface area contributed by atoms with E-state index >= 15 is 0 Å². The van der Waals surface area contributed by atoms with Gasteiger partial charge in [-0.2, -0.15) is 0 Å². The Labute approximate surface area is 214 Å². The lowest BCUT2D eigenvalue weighted by Gasteiger charge is -2.37. The van der Waals surface area contributed by atoms with Gasteiger partial charge in [-0.05, 0) is 73.1 Å². The number of aliphatic hydroxyl groups excluding tert-OH is 1. The number of methoxy groups -OCH3 is 2. The molecular weight excluding hydrogens is 472 g/mol. The number of amides is 2. The minimum Gasteiger partial charge on any atom is -0.467 e. The van der Waals surface area contributed by atoms with Crippen molar-refractivity contribution in [3.05, 3.63) is 0 Å². The maximum absolute atomic E-state index is 12.1. The van der Waals surface area contributed by atoms with Crippen LogP contribution in [0.4, 0.5) is 9.59 Å². The average molecular weight is 517 g/mol. The van der Waals surface area contributed by atoms with Gasteiger partial charge >= 0.3 is 24.1 Å². The predicted molar refractivity (Wildman–Crippen MR) is 131 cm³/mol. The van der Waals surface area contributed by atoms with E-state index in [1.54, 1.807) is 20.8 Å². The van der Waals surface area contributed by atoms with Crippen LogP contribution in [0.3, 0.4) is 0 Å². The number of piperidine rings is 2. The number of nitrogens with zero attached hydrogens (tertiary/aromatic N) is 2. The zero-order valence-electron chi connectivity index (χ0n) is 23.2. The van der Waals surface area contributed by atoms with Crippen molar-refractivity contribution in [1.82, 2.24) is 9.80 Å². The number of rotatable bonds is 2. The number of hydrogen-bond donors (Lipinski definition) is 1. The monoisotopic (exact) mass is 516 g/mol. The van der Waals surface area contributed by atoms with Crippen LogP contribution in [0, 0.1) is 5.92 Å². The molecule has 1 N–H and O–H groups in total. The molecule has 2 aliphatic rings. The summed E-state index contributed by atoms with van der Waals surface area (Å²) in [5.74, 6) is -0.473. The molecule has 2 amide bonds. The number of aliphatic hydroxyl groups is 1. The fourth-order valence-corrected chi connectivity index (χ4v) is 3.91. The largest absolute Gasteiger partial charge is 0.467 e. The quantitative estimate of drug-likeness (QED) is 0.434. The molecule has 208 valence electrons. The molecule has 2 heterocycles. The first-order valence-electron chi connectivity index (χ1n) is 12.3. The standard InChI is InChI=1S/C13H23NO4.C12H21NO5/c1-9-6-7-10(11(15)17-5)14(8-9)12(16)18-13(2,3)4;1-12(2,3)18-11(16)13-7-8(14)5-6-9(13)10(15)17-4/h9-10H,6-8H2,1-5H3;8-9,14H,5-7H2,1-4H3/t9-,10-;8-,9-/m00/s1. The smallest absolute Gasteiger partial charge is 0.411 e. The van der Waals surface area contributed by atoms with Crippen LogP contribution in [0.25, 0.3) is 0 Å². The minimum absolute atomic E-state index is 0.0919. The summed E-state index contributed by atoms with van der Waals surface area (Å²) in [5, 5.41) is 9.60. The van der Waals surface area contributed by atoms with Crippen LogP contribution < -0.4 is 0 Å². The number of β-amino-alcohol motifs (C(OH)–C–C–N with tert-alkyl or cyclic N) is 1. The number of carbonyl (C=O) groups is 4. The molecule has 0 aromatic rings. The van der Waals surface area contributed by atoms with Gasteiger partial charge in [-0.1, -0.05) is 6.92 Å². The molecule has 2 fully saturated rings. The van der Waals surface area contributed by atoms with E-state index in [0.717, 1.165) is 6.42 Å². The summed E-state index contributed by atoms with van der Waals surface area (Å²) in [4.78, 5) is 50.1. The SMILES string of the molecule is COC(=O)[C@@H]1CC[C@H](C)CN1C(=O)OC(C)(C)C.COC(=O)[C@@H]1CC[C@H](O)CN1C(=O)OC(C)(C)C. The van der Waals surface area contributed by atoms with Gasteiger partial charge in [0.15, 0.2) is 0 Å². The summed E-state index contributed by atoms with van der Waals surface area (Å²) in [6.07, 6.45) is 0.734. The highest BCUT2D eigenvalue weighted by Gasteiger charge is 2.39. The second-order valence-corrected chi connectivity index (χ2v) is 11.3. The summed E-state index contributed by atoms with van der Waals surface area (Å²) in [5.41, 5.74) is -1.20. The predicted octanol–water partition coefficient (Wildman–Crippen LogP) is 3.11. The Morgan fingerprint density at radius 2 is 1.08 bits per heavy atom. The molecule has 0 aliphatic carbocycles. The number of carbonyl (C=O) groups excluding carboxylic acids is 4. The number of esters is 2. The van der Waals surface area contributed by atoms with Crippen molar-refractivity contribution in [3.8, 4) is 0 Å². The van der Waals surface area contributed by atoms with Crippen LogP contribution in [0.1, 0.15) is 74.1 Å². The van der Waals surface area contributed by atoms with Gasteiger partial charge in [-0.15, -0.1) is 0 Å². The number of ether oxygens (including phenoxy) is 4. The molecular formula is C25H44N2O9. The summed E-state index contributed by atoms with van der Waals surface area (Å²) < 4.78 is 20.0. The molecule has 0 saturated carbocycles. The van der Waals surface area contributed by atoms with E-state index in [0.29, 0.717) is 31.7 Å². The average Bonchev–Trinajstić information content (AvgIpc) is 2.76. The Bertz CT molecular complexity index is 708. The molecule has 0 aromatic carbocycles. The van der Waals surface area contributed by atoms with Gasteiger partial charge < -0.3 is 24.1 Å². The van der Waals surface area contributed by atoms with Gasteiger partial charge in [-0.3, -0.25) is 9.80 Å². The third-order valence-electron chi connectivity index (χ3n) is 5.58. The molecule has 4 atom stereocenters. The van der Waals surface area contributed by atoms with Crippen molar-refractivity contribution in [1.29, 1.82) is 0 Å². The molecule has 0 unspecified atom stereocenters. The second kappa shape index (κ2) is 13.1. The van der Waals surface area contributed by atoms with E-state index in [9.17, 15) is 24.3 Å². The topological polar surface area (TPSA) is 132 Å². The first-order chi connectivity index (χ1) is 16.5. The molecule has 0 radical (unpaired) electrons. The highest BCUT2D eigenvalue weighted by atomic mass is 16.6. The van der Waals surface area contributed by atoms with Gasteiger partial charge in [0.1, 0.15) is 23.3 Å². The molecule has 11 heteroatoms. The van der Waals surface area contributed by atoms with Crippen LogP contribution in [0.2, 0.25) is 0 Å². The van der Waals surface area contributed by atoms with Crippen molar-refractivity contribution in [2.45, 2.75) is 104 Å². The summed E-state index contributed by atoms with van der Waals surface area (Å²) in [6, 6.07) is -1.19. The van der Waals surface area contributed by atoms with Crippen molar-refractivity contribution < 1.29 is 43.2 Å². The van der Waals surface area contributed by atoms with Gasteiger partial charge in [0.05, 0.1) is 26.9 Å². The third kappa shape index (κ3) is 10.2. The van der Waals surface area contributed by atoms with Crippen LogP contribution in [-0.4, -0.2) is 95.7 Å². The van der Waals surface area contributed by atoms with Crippen LogP contribution in [-0.2, 0) is 28.5 Å².